The minimum Gasteiger partial charge on any atom is -0.477 e. The summed E-state index contributed by atoms with van der Waals surface area (Å²) in [5, 5.41) is 11.8. The van der Waals surface area contributed by atoms with E-state index >= 15 is 0 Å². The van der Waals surface area contributed by atoms with Crippen molar-refractivity contribution in [1.29, 1.82) is 0 Å². The summed E-state index contributed by atoms with van der Waals surface area (Å²) in [4.78, 5) is 22.7. The summed E-state index contributed by atoms with van der Waals surface area (Å²) >= 11 is 1.34. The van der Waals surface area contributed by atoms with Gasteiger partial charge in [0.2, 0.25) is 5.91 Å². The Bertz CT molecular complexity index is 414. The fourth-order valence-electron chi connectivity index (χ4n) is 2.10. The molecule has 1 amide bonds. The van der Waals surface area contributed by atoms with Gasteiger partial charge in [0.05, 0.1) is 16.2 Å². The highest BCUT2D eigenvalue weighted by Gasteiger charge is 2.37. The van der Waals surface area contributed by atoms with E-state index in [2.05, 4.69) is 12.2 Å². The van der Waals surface area contributed by atoms with E-state index in [1.54, 1.807) is 12.2 Å². The Morgan fingerprint density at radius 3 is 3.00 bits per heavy atom. The van der Waals surface area contributed by atoms with Crippen LogP contribution >= 0.6 is 11.8 Å². The summed E-state index contributed by atoms with van der Waals surface area (Å²) in [6.07, 6.45) is 6.25. The van der Waals surface area contributed by atoms with Gasteiger partial charge in [-0.05, 0) is 24.5 Å². The smallest absolute Gasteiger partial charge is 0.341 e. The van der Waals surface area contributed by atoms with Gasteiger partial charge in [-0.15, -0.1) is 11.8 Å². The number of fused-ring (bicyclic) bond motifs is 1. The maximum Gasteiger partial charge on any atom is 0.341 e. The van der Waals surface area contributed by atoms with Crippen molar-refractivity contribution in [1.82, 2.24) is 5.32 Å². The van der Waals surface area contributed by atoms with Gasteiger partial charge in [-0.25, -0.2) is 4.79 Å². The van der Waals surface area contributed by atoms with Gasteiger partial charge in [0.15, 0.2) is 0 Å². The molecule has 0 aliphatic carbocycles. The standard InChI is InChI=1S/C12H15NO3S/c1-2-3-4-7-5-10(14)13-8-6-9(12(15)16)17-11(7)8/h5-6,8,11H,2-4H2,1H3,(H,13,14)(H,15,16). The van der Waals surface area contributed by atoms with E-state index in [9.17, 15) is 9.59 Å². The summed E-state index contributed by atoms with van der Waals surface area (Å²) in [6, 6.07) is -0.157. The summed E-state index contributed by atoms with van der Waals surface area (Å²) in [5.74, 6) is -1.02. The molecule has 5 heteroatoms. The molecular formula is C12H15NO3S. The molecule has 4 nitrogen and oxygen atoms in total. The zero-order valence-corrected chi connectivity index (χ0v) is 10.4. The molecule has 2 N–H and O–H groups in total. The van der Waals surface area contributed by atoms with Crippen LogP contribution in [0.3, 0.4) is 0 Å². The second-order valence-electron chi connectivity index (χ2n) is 4.23. The predicted molar refractivity (Wildman–Crippen MR) is 66.6 cm³/mol. The minimum atomic E-state index is -0.909. The van der Waals surface area contributed by atoms with E-state index in [-0.39, 0.29) is 17.2 Å². The lowest BCUT2D eigenvalue weighted by Gasteiger charge is -2.26. The van der Waals surface area contributed by atoms with Crippen LogP contribution in [-0.4, -0.2) is 28.3 Å². The van der Waals surface area contributed by atoms with Crippen molar-refractivity contribution in [2.24, 2.45) is 0 Å². The molecule has 92 valence electrons. The first-order valence-corrected chi connectivity index (χ1v) is 6.62. The Balaban J connectivity index is 2.15. The van der Waals surface area contributed by atoms with Gasteiger partial charge in [-0.3, -0.25) is 4.79 Å². The quantitative estimate of drug-likeness (QED) is 0.800. The number of rotatable bonds is 4. The lowest BCUT2D eigenvalue weighted by atomic mass is 9.96. The summed E-state index contributed by atoms with van der Waals surface area (Å²) in [5.41, 5.74) is 1.07. The third-order valence-corrected chi connectivity index (χ3v) is 4.35. The number of amides is 1. The number of carbonyl (C=O) groups is 2. The fraction of sp³-hybridized carbons (Fsp3) is 0.500. The Labute approximate surface area is 104 Å². The zero-order chi connectivity index (χ0) is 12.4. The predicted octanol–water partition coefficient (Wildman–Crippen LogP) is 1.69. The zero-order valence-electron chi connectivity index (χ0n) is 9.60. The first-order chi connectivity index (χ1) is 8.11. The van der Waals surface area contributed by atoms with Crippen LogP contribution in [0.1, 0.15) is 26.2 Å². The van der Waals surface area contributed by atoms with E-state index in [1.165, 1.54) is 11.8 Å². The molecule has 0 spiro atoms. The van der Waals surface area contributed by atoms with Crippen LogP contribution in [-0.2, 0) is 9.59 Å². The van der Waals surface area contributed by atoms with Crippen molar-refractivity contribution in [2.75, 3.05) is 0 Å². The molecule has 0 aromatic carbocycles. The summed E-state index contributed by atoms with van der Waals surface area (Å²) in [7, 11) is 0. The molecule has 2 rings (SSSR count). The molecule has 2 heterocycles. The maximum absolute atomic E-state index is 11.5. The van der Waals surface area contributed by atoms with Gasteiger partial charge >= 0.3 is 5.97 Å². The van der Waals surface area contributed by atoms with Crippen LogP contribution in [0, 0.1) is 0 Å². The minimum absolute atomic E-state index is 0.0744. The highest BCUT2D eigenvalue weighted by molar-refractivity contribution is 8.05. The number of carbonyl (C=O) groups excluding carboxylic acids is 1. The van der Waals surface area contributed by atoms with E-state index in [4.69, 9.17) is 5.11 Å². The molecule has 2 aliphatic heterocycles. The molecule has 0 saturated carbocycles. The first kappa shape index (κ1) is 12.2. The third kappa shape index (κ3) is 2.54. The highest BCUT2D eigenvalue weighted by atomic mass is 32.2. The van der Waals surface area contributed by atoms with Gasteiger partial charge in [-0.2, -0.15) is 0 Å². The number of carboxylic acid groups (broad SMARTS) is 1. The number of aliphatic carboxylic acids is 1. The lowest BCUT2D eigenvalue weighted by Crippen LogP contribution is -2.42. The average molecular weight is 253 g/mol. The number of nitrogens with one attached hydrogen (secondary N) is 1. The second-order valence-corrected chi connectivity index (χ2v) is 5.42. The van der Waals surface area contributed by atoms with Gasteiger partial charge in [0.1, 0.15) is 0 Å². The summed E-state index contributed by atoms with van der Waals surface area (Å²) < 4.78 is 0. The van der Waals surface area contributed by atoms with Crippen LogP contribution in [0.2, 0.25) is 0 Å². The van der Waals surface area contributed by atoms with Crippen LogP contribution in [0.15, 0.2) is 22.6 Å². The maximum atomic E-state index is 11.5. The lowest BCUT2D eigenvalue weighted by molar-refractivity contribution is -0.131. The van der Waals surface area contributed by atoms with E-state index < -0.39 is 5.97 Å². The number of unbranched alkanes of at least 4 members (excludes halogenated alkanes) is 1. The SMILES string of the molecule is CCCCC1=CC(=O)NC2C=C(C(=O)O)SC12. The Morgan fingerprint density at radius 1 is 1.59 bits per heavy atom. The molecule has 2 atom stereocenters. The van der Waals surface area contributed by atoms with Gasteiger partial charge < -0.3 is 10.4 Å². The second kappa shape index (κ2) is 4.96. The molecule has 0 bridgehead atoms. The Hall–Kier alpha value is -1.23. The molecular weight excluding hydrogens is 238 g/mol. The first-order valence-electron chi connectivity index (χ1n) is 5.74. The number of carboxylic acids is 1. The number of thioether (sulfide) groups is 1. The number of hydrogen-bond donors (Lipinski definition) is 2. The van der Waals surface area contributed by atoms with Gasteiger partial charge in [0, 0.05) is 6.08 Å². The van der Waals surface area contributed by atoms with E-state index in [0.29, 0.717) is 4.91 Å². The third-order valence-electron chi connectivity index (χ3n) is 2.93. The summed E-state index contributed by atoms with van der Waals surface area (Å²) in [6.45, 7) is 2.10. The van der Waals surface area contributed by atoms with Crippen LogP contribution in [0.25, 0.3) is 0 Å². The van der Waals surface area contributed by atoms with Gasteiger partial charge in [0.25, 0.3) is 0 Å². The van der Waals surface area contributed by atoms with Crippen molar-refractivity contribution in [3.05, 3.63) is 22.6 Å². The largest absolute Gasteiger partial charge is 0.477 e. The van der Waals surface area contributed by atoms with Crippen molar-refractivity contribution in [3.63, 3.8) is 0 Å². The van der Waals surface area contributed by atoms with Crippen molar-refractivity contribution >= 4 is 23.6 Å². The van der Waals surface area contributed by atoms with E-state index in [0.717, 1.165) is 24.8 Å². The normalized spacial score (nSPS) is 27.0. The van der Waals surface area contributed by atoms with Gasteiger partial charge in [-0.1, -0.05) is 13.3 Å². The Morgan fingerprint density at radius 2 is 2.35 bits per heavy atom. The molecule has 2 aliphatic rings. The molecule has 0 aromatic heterocycles. The molecule has 0 saturated heterocycles. The highest BCUT2D eigenvalue weighted by Crippen LogP contribution is 2.39. The van der Waals surface area contributed by atoms with Crippen molar-refractivity contribution < 1.29 is 14.7 Å². The molecule has 0 radical (unpaired) electrons. The topological polar surface area (TPSA) is 66.4 Å². The molecule has 0 aromatic rings. The molecule has 17 heavy (non-hydrogen) atoms. The fourth-order valence-corrected chi connectivity index (χ4v) is 3.33. The molecule has 2 unspecified atom stereocenters. The van der Waals surface area contributed by atoms with Crippen molar-refractivity contribution in [3.8, 4) is 0 Å². The average Bonchev–Trinajstić information content (AvgIpc) is 2.69. The molecule has 0 fully saturated rings. The van der Waals surface area contributed by atoms with Crippen LogP contribution in [0.4, 0.5) is 0 Å². The van der Waals surface area contributed by atoms with Crippen LogP contribution in [0.5, 0.6) is 0 Å². The Kier molecular flexibility index (Phi) is 3.57. The van der Waals surface area contributed by atoms with Crippen LogP contribution < -0.4 is 5.32 Å². The number of hydrogen-bond acceptors (Lipinski definition) is 3. The van der Waals surface area contributed by atoms with Crippen molar-refractivity contribution in [2.45, 2.75) is 37.5 Å². The monoisotopic (exact) mass is 253 g/mol. The van der Waals surface area contributed by atoms with E-state index in [1.807, 2.05) is 0 Å².